The van der Waals surface area contributed by atoms with Crippen LogP contribution in [0.15, 0.2) is 18.2 Å². The lowest BCUT2D eigenvalue weighted by Gasteiger charge is -2.26. The van der Waals surface area contributed by atoms with Crippen LogP contribution in [0, 0.1) is 0 Å². The molecule has 0 spiro atoms. The third-order valence-electron chi connectivity index (χ3n) is 3.23. The zero-order valence-electron chi connectivity index (χ0n) is 12.8. The van der Waals surface area contributed by atoms with Crippen LogP contribution < -0.4 is 15.4 Å². The first-order chi connectivity index (χ1) is 8.97. The smallest absolute Gasteiger partial charge is 0.125 e. The second kappa shape index (κ2) is 7.36. The summed E-state index contributed by atoms with van der Waals surface area (Å²) >= 11 is 0. The van der Waals surface area contributed by atoms with Crippen LogP contribution in [0.2, 0.25) is 0 Å². The zero-order valence-corrected chi connectivity index (χ0v) is 12.8. The van der Waals surface area contributed by atoms with Crippen molar-refractivity contribution in [2.45, 2.75) is 19.4 Å². The average Bonchev–Trinajstić information content (AvgIpc) is 2.36. The van der Waals surface area contributed by atoms with Gasteiger partial charge in [-0.2, -0.15) is 0 Å². The summed E-state index contributed by atoms with van der Waals surface area (Å²) in [6.07, 6.45) is 1.12. The minimum absolute atomic E-state index is 0.0394. The normalized spacial score (nSPS) is 12.6. The van der Waals surface area contributed by atoms with Crippen LogP contribution in [0.5, 0.6) is 5.75 Å². The first-order valence-corrected chi connectivity index (χ1v) is 6.75. The van der Waals surface area contributed by atoms with Gasteiger partial charge in [-0.3, -0.25) is 0 Å². The minimum Gasteiger partial charge on any atom is -0.496 e. The number of hydrogen-bond acceptors (Lipinski definition) is 4. The molecule has 0 heterocycles. The molecule has 2 N–H and O–H groups in total. The molecule has 1 rings (SSSR count). The Morgan fingerprint density at radius 2 is 1.89 bits per heavy atom. The Kier molecular flexibility index (Phi) is 6.12. The number of benzene rings is 1. The van der Waals surface area contributed by atoms with Crippen LogP contribution in [-0.4, -0.2) is 46.2 Å². The van der Waals surface area contributed by atoms with Crippen LogP contribution in [0.1, 0.15) is 24.9 Å². The van der Waals surface area contributed by atoms with Gasteiger partial charge in [0, 0.05) is 30.9 Å². The molecule has 19 heavy (non-hydrogen) atoms. The monoisotopic (exact) mass is 265 g/mol. The van der Waals surface area contributed by atoms with Gasteiger partial charge in [0.05, 0.1) is 7.11 Å². The molecule has 108 valence electrons. The van der Waals surface area contributed by atoms with E-state index >= 15 is 0 Å². The highest BCUT2D eigenvalue weighted by Crippen LogP contribution is 2.33. The molecule has 4 nitrogen and oxygen atoms in total. The van der Waals surface area contributed by atoms with E-state index in [-0.39, 0.29) is 6.04 Å². The summed E-state index contributed by atoms with van der Waals surface area (Å²) in [6, 6.07) is 6.05. The second-order valence-corrected chi connectivity index (χ2v) is 5.26. The Balaban J connectivity index is 2.86. The lowest BCUT2D eigenvalue weighted by atomic mass is 10.0. The van der Waals surface area contributed by atoms with Crippen molar-refractivity contribution in [1.82, 2.24) is 4.90 Å². The Morgan fingerprint density at radius 3 is 2.42 bits per heavy atom. The van der Waals surface area contributed by atoms with Crippen LogP contribution in [0.25, 0.3) is 0 Å². The van der Waals surface area contributed by atoms with Gasteiger partial charge in [-0.05, 0) is 46.1 Å². The van der Waals surface area contributed by atoms with Crippen molar-refractivity contribution in [3.05, 3.63) is 23.8 Å². The van der Waals surface area contributed by atoms with Crippen molar-refractivity contribution in [2.24, 2.45) is 5.73 Å². The molecule has 1 atom stereocenters. The first kappa shape index (κ1) is 15.8. The van der Waals surface area contributed by atoms with E-state index in [0.717, 1.165) is 36.5 Å². The Labute approximate surface area is 117 Å². The van der Waals surface area contributed by atoms with Crippen molar-refractivity contribution in [3.8, 4) is 5.75 Å². The molecule has 0 saturated carbocycles. The predicted molar refractivity (Wildman–Crippen MR) is 82.0 cm³/mol. The molecule has 1 aromatic carbocycles. The average molecular weight is 265 g/mol. The fourth-order valence-corrected chi connectivity index (χ4v) is 2.25. The van der Waals surface area contributed by atoms with Crippen molar-refractivity contribution in [3.63, 3.8) is 0 Å². The van der Waals surface area contributed by atoms with Crippen LogP contribution in [0.4, 0.5) is 5.69 Å². The molecular formula is C15H27N3O. The fraction of sp³-hybridized carbons (Fsp3) is 0.600. The lowest BCUT2D eigenvalue weighted by molar-refractivity contribution is 0.400. The molecule has 0 bridgehead atoms. The SMILES string of the molecule is COc1cccc(N(C)CCCN(C)C)c1[C@@H](C)N. The topological polar surface area (TPSA) is 41.7 Å². The van der Waals surface area contributed by atoms with E-state index in [1.165, 1.54) is 0 Å². The molecule has 1 aromatic rings. The Bertz CT molecular complexity index is 391. The molecule has 0 radical (unpaired) electrons. The number of hydrogen-bond donors (Lipinski definition) is 1. The maximum Gasteiger partial charge on any atom is 0.125 e. The van der Waals surface area contributed by atoms with Gasteiger partial charge < -0.3 is 20.3 Å². The summed E-state index contributed by atoms with van der Waals surface area (Å²) in [6.45, 7) is 4.09. The molecule has 4 heteroatoms. The van der Waals surface area contributed by atoms with Crippen LogP contribution >= 0.6 is 0 Å². The Morgan fingerprint density at radius 1 is 1.21 bits per heavy atom. The summed E-state index contributed by atoms with van der Waals surface area (Å²) < 4.78 is 5.43. The van der Waals surface area contributed by atoms with E-state index in [2.05, 4.69) is 37.0 Å². The maximum absolute atomic E-state index is 6.09. The highest BCUT2D eigenvalue weighted by molar-refractivity contribution is 5.60. The van der Waals surface area contributed by atoms with Crippen LogP contribution in [0.3, 0.4) is 0 Å². The summed E-state index contributed by atoms with van der Waals surface area (Å²) in [5.74, 6) is 0.868. The molecule has 0 aromatic heterocycles. The quantitative estimate of drug-likeness (QED) is 0.820. The minimum atomic E-state index is -0.0394. The highest BCUT2D eigenvalue weighted by atomic mass is 16.5. The summed E-state index contributed by atoms with van der Waals surface area (Å²) in [5, 5.41) is 0. The van der Waals surface area contributed by atoms with Crippen molar-refractivity contribution in [1.29, 1.82) is 0 Å². The van der Waals surface area contributed by atoms with Crippen molar-refractivity contribution in [2.75, 3.05) is 46.2 Å². The Hall–Kier alpha value is -1.26. The number of rotatable bonds is 7. The van der Waals surface area contributed by atoms with E-state index in [1.807, 2.05) is 19.1 Å². The van der Waals surface area contributed by atoms with Gasteiger partial charge in [-0.25, -0.2) is 0 Å². The van der Waals surface area contributed by atoms with E-state index in [1.54, 1.807) is 7.11 Å². The number of methoxy groups -OCH3 is 1. The molecular weight excluding hydrogens is 238 g/mol. The third kappa shape index (κ3) is 4.40. The van der Waals surface area contributed by atoms with Crippen molar-refractivity contribution >= 4 is 5.69 Å². The lowest BCUT2D eigenvalue weighted by Crippen LogP contribution is -2.25. The highest BCUT2D eigenvalue weighted by Gasteiger charge is 2.15. The van der Waals surface area contributed by atoms with Gasteiger partial charge in [0.1, 0.15) is 5.75 Å². The van der Waals surface area contributed by atoms with E-state index < -0.39 is 0 Å². The molecule has 0 saturated heterocycles. The summed E-state index contributed by atoms with van der Waals surface area (Å²) in [5.41, 5.74) is 8.33. The van der Waals surface area contributed by atoms with Crippen LogP contribution in [-0.2, 0) is 0 Å². The molecule has 0 aliphatic rings. The number of anilines is 1. The standard InChI is InChI=1S/C15H27N3O/c1-12(16)15-13(8-6-9-14(15)19-5)18(4)11-7-10-17(2)3/h6,8-9,12H,7,10-11,16H2,1-5H3/t12-/m1/s1. The number of ether oxygens (including phenoxy) is 1. The maximum atomic E-state index is 6.09. The van der Waals surface area contributed by atoms with Gasteiger partial charge >= 0.3 is 0 Å². The number of nitrogens with zero attached hydrogens (tertiary/aromatic N) is 2. The van der Waals surface area contributed by atoms with Gasteiger partial charge in [-0.15, -0.1) is 0 Å². The zero-order chi connectivity index (χ0) is 14.4. The van der Waals surface area contributed by atoms with Gasteiger partial charge in [0.2, 0.25) is 0 Å². The molecule has 0 amide bonds. The third-order valence-corrected chi connectivity index (χ3v) is 3.23. The summed E-state index contributed by atoms with van der Waals surface area (Å²) in [7, 11) is 7.99. The molecule has 0 fully saturated rings. The van der Waals surface area contributed by atoms with Gasteiger partial charge in [0.15, 0.2) is 0 Å². The largest absolute Gasteiger partial charge is 0.496 e. The second-order valence-electron chi connectivity index (χ2n) is 5.26. The fourth-order valence-electron chi connectivity index (χ4n) is 2.25. The van der Waals surface area contributed by atoms with Gasteiger partial charge in [-0.1, -0.05) is 6.07 Å². The molecule has 0 unspecified atom stereocenters. The molecule has 0 aliphatic heterocycles. The van der Waals surface area contributed by atoms with E-state index in [0.29, 0.717) is 0 Å². The first-order valence-electron chi connectivity index (χ1n) is 6.75. The van der Waals surface area contributed by atoms with Gasteiger partial charge in [0.25, 0.3) is 0 Å². The van der Waals surface area contributed by atoms with Crippen molar-refractivity contribution < 1.29 is 4.74 Å². The number of nitrogens with two attached hydrogens (primary N) is 1. The van der Waals surface area contributed by atoms with E-state index in [4.69, 9.17) is 10.5 Å². The van der Waals surface area contributed by atoms with E-state index in [9.17, 15) is 0 Å². The predicted octanol–water partition coefficient (Wildman–Crippen LogP) is 2.10. The summed E-state index contributed by atoms with van der Waals surface area (Å²) in [4.78, 5) is 4.45. The molecule has 0 aliphatic carbocycles.